The molecule has 0 aliphatic rings. The van der Waals surface area contributed by atoms with Crippen molar-refractivity contribution in [2.45, 2.75) is 25.8 Å². The molecule has 0 radical (unpaired) electrons. The average Bonchev–Trinajstić information content (AvgIpc) is 3.17. The molecule has 0 aromatic carbocycles. The summed E-state index contributed by atoms with van der Waals surface area (Å²) in [6.07, 6.45) is 9.10. The van der Waals surface area contributed by atoms with Crippen LogP contribution in [0.3, 0.4) is 0 Å². The fourth-order valence-corrected chi connectivity index (χ4v) is 2.38. The Kier molecular flexibility index (Phi) is 3.73. The molecule has 3 rings (SSSR count). The predicted octanol–water partition coefficient (Wildman–Crippen LogP) is 3.31. The number of nitrogens with two attached hydrogens (primary N) is 1. The molecule has 5 heteroatoms. The van der Waals surface area contributed by atoms with Gasteiger partial charge in [0.05, 0.1) is 24.5 Å². The molecular weight excluding hydrogens is 264 g/mol. The standard InChI is InChI=1S/C16H18N4O/c1-12(4-6-14-3-2-8-21-14)20-11-18-10-15(20)13-5-7-16(17)19-9-13/h2-3,5,7-12H,4,6H2,1H3,(H2,17,19). The first kappa shape index (κ1) is 13.4. The number of aryl methyl sites for hydroxylation is 1. The SMILES string of the molecule is CC(CCc1ccco1)n1cncc1-c1ccc(N)nc1. The molecule has 0 aliphatic carbocycles. The van der Waals surface area contributed by atoms with Gasteiger partial charge in [0.25, 0.3) is 0 Å². The van der Waals surface area contributed by atoms with Gasteiger partial charge >= 0.3 is 0 Å². The number of furan rings is 1. The van der Waals surface area contributed by atoms with Gasteiger partial charge in [-0.15, -0.1) is 0 Å². The largest absolute Gasteiger partial charge is 0.469 e. The second kappa shape index (κ2) is 5.83. The van der Waals surface area contributed by atoms with Gasteiger partial charge in [-0.2, -0.15) is 0 Å². The van der Waals surface area contributed by atoms with Gasteiger partial charge < -0.3 is 14.7 Å². The van der Waals surface area contributed by atoms with Crippen LogP contribution in [0.15, 0.2) is 53.7 Å². The minimum atomic E-state index is 0.324. The van der Waals surface area contributed by atoms with Gasteiger partial charge in [-0.1, -0.05) is 0 Å². The summed E-state index contributed by atoms with van der Waals surface area (Å²) in [7, 11) is 0. The molecule has 0 saturated heterocycles. The van der Waals surface area contributed by atoms with Gasteiger partial charge in [0.2, 0.25) is 0 Å². The number of aromatic nitrogens is 3. The maximum Gasteiger partial charge on any atom is 0.123 e. The van der Waals surface area contributed by atoms with Crippen LogP contribution in [0.25, 0.3) is 11.3 Å². The van der Waals surface area contributed by atoms with E-state index in [1.165, 1.54) is 0 Å². The average molecular weight is 282 g/mol. The quantitative estimate of drug-likeness (QED) is 0.779. The number of nitrogen functional groups attached to an aromatic ring is 1. The lowest BCUT2D eigenvalue weighted by Crippen LogP contribution is -2.07. The third-order valence-electron chi connectivity index (χ3n) is 3.61. The van der Waals surface area contributed by atoms with Crippen LogP contribution in [-0.2, 0) is 6.42 Å². The lowest BCUT2D eigenvalue weighted by molar-refractivity contribution is 0.454. The van der Waals surface area contributed by atoms with Crippen LogP contribution in [0.5, 0.6) is 0 Å². The van der Waals surface area contributed by atoms with Crippen LogP contribution in [0.1, 0.15) is 25.1 Å². The maximum atomic E-state index is 5.64. The van der Waals surface area contributed by atoms with E-state index in [0.717, 1.165) is 29.9 Å². The first-order valence-corrected chi connectivity index (χ1v) is 7.00. The molecule has 3 aromatic rings. The van der Waals surface area contributed by atoms with Crippen molar-refractivity contribution in [2.24, 2.45) is 0 Å². The van der Waals surface area contributed by atoms with Gasteiger partial charge in [0.15, 0.2) is 0 Å². The molecule has 3 heterocycles. The molecule has 5 nitrogen and oxygen atoms in total. The number of hydrogen-bond acceptors (Lipinski definition) is 4. The Morgan fingerprint density at radius 3 is 2.90 bits per heavy atom. The normalized spacial score (nSPS) is 12.4. The lowest BCUT2D eigenvalue weighted by Gasteiger charge is -2.16. The smallest absolute Gasteiger partial charge is 0.123 e. The minimum Gasteiger partial charge on any atom is -0.469 e. The third-order valence-corrected chi connectivity index (χ3v) is 3.61. The summed E-state index contributed by atoms with van der Waals surface area (Å²) in [6.45, 7) is 2.18. The zero-order valence-corrected chi connectivity index (χ0v) is 11.9. The number of anilines is 1. The van der Waals surface area contributed by atoms with E-state index < -0.39 is 0 Å². The summed E-state index contributed by atoms with van der Waals surface area (Å²) < 4.78 is 7.54. The Labute approximate surface area is 123 Å². The molecule has 21 heavy (non-hydrogen) atoms. The lowest BCUT2D eigenvalue weighted by atomic mass is 10.1. The molecule has 3 aromatic heterocycles. The van der Waals surface area contributed by atoms with Crippen LogP contribution in [0, 0.1) is 0 Å². The molecule has 108 valence electrons. The number of imidazole rings is 1. The van der Waals surface area contributed by atoms with E-state index in [4.69, 9.17) is 10.2 Å². The van der Waals surface area contributed by atoms with Crippen molar-refractivity contribution in [1.82, 2.24) is 14.5 Å². The van der Waals surface area contributed by atoms with Gasteiger partial charge in [-0.3, -0.25) is 0 Å². The highest BCUT2D eigenvalue weighted by molar-refractivity contribution is 5.59. The Bertz CT molecular complexity index is 685. The Morgan fingerprint density at radius 2 is 2.19 bits per heavy atom. The topological polar surface area (TPSA) is 69.9 Å². The van der Waals surface area contributed by atoms with E-state index in [0.29, 0.717) is 11.9 Å². The van der Waals surface area contributed by atoms with Gasteiger partial charge in [-0.05, 0) is 37.6 Å². The second-order valence-electron chi connectivity index (χ2n) is 5.12. The van der Waals surface area contributed by atoms with E-state index in [1.807, 2.05) is 30.7 Å². The van der Waals surface area contributed by atoms with Crippen molar-refractivity contribution in [3.8, 4) is 11.3 Å². The molecule has 2 N–H and O–H groups in total. The van der Waals surface area contributed by atoms with E-state index in [1.54, 1.807) is 18.5 Å². The molecule has 0 spiro atoms. The highest BCUT2D eigenvalue weighted by Crippen LogP contribution is 2.24. The highest BCUT2D eigenvalue weighted by atomic mass is 16.3. The highest BCUT2D eigenvalue weighted by Gasteiger charge is 2.12. The molecule has 0 bridgehead atoms. The Hall–Kier alpha value is -2.56. The van der Waals surface area contributed by atoms with E-state index in [-0.39, 0.29) is 0 Å². The van der Waals surface area contributed by atoms with Crippen LogP contribution in [-0.4, -0.2) is 14.5 Å². The van der Waals surface area contributed by atoms with Crippen molar-refractivity contribution in [1.29, 1.82) is 0 Å². The fraction of sp³-hybridized carbons (Fsp3) is 0.250. The van der Waals surface area contributed by atoms with Gasteiger partial charge in [0, 0.05) is 24.2 Å². The second-order valence-corrected chi connectivity index (χ2v) is 5.12. The molecule has 0 saturated carbocycles. The number of rotatable bonds is 5. The maximum absolute atomic E-state index is 5.64. The first-order valence-electron chi connectivity index (χ1n) is 7.00. The first-order chi connectivity index (χ1) is 10.2. The predicted molar refractivity (Wildman–Crippen MR) is 81.6 cm³/mol. The summed E-state index contributed by atoms with van der Waals surface area (Å²) in [5, 5.41) is 0. The third kappa shape index (κ3) is 2.97. The van der Waals surface area contributed by atoms with Crippen molar-refractivity contribution in [3.05, 3.63) is 55.0 Å². The molecular formula is C16H18N4O. The molecule has 0 aliphatic heterocycles. The fourth-order valence-electron chi connectivity index (χ4n) is 2.38. The van der Waals surface area contributed by atoms with Gasteiger partial charge in [-0.25, -0.2) is 9.97 Å². The van der Waals surface area contributed by atoms with E-state index >= 15 is 0 Å². The summed E-state index contributed by atoms with van der Waals surface area (Å²) in [4.78, 5) is 8.41. The summed E-state index contributed by atoms with van der Waals surface area (Å²) in [5.41, 5.74) is 7.71. The van der Waals surface area contributed by atoms with Crippen LogP contribution in [0.4, 0.5) is 5.82 Å². The molecule has 1 unspecified atom stereocenters. The summed E-state index contributed by atoms with van der Waals surface area (Å²) in [6, 6.07) is 8.02. The van der Waals surface area contributed by atoms with Crippen molar-refractivity contribution in [3.63, 3.8) is 0 Å². The van der Waals surface area contributed by atoms with Crippen LogP contribution < -0.4 is 5.73 Å². The van der Waals surface area contributed by atoms with Crippen molar-refractivity contribution >= 4 is 5.82 Å². The van der Waals surface area contributed by atoms with Gasteiger partial charge in [0.1, 0.15) is 11.6 Å². The molecule has 1 atom stereocenters. The number of nitrogens with zero attached hydrogens (tertiary/aromatic N) is 3. The Balaban J connectivity index is 1.76. The monoisotopic (exact) mass is 282 g/mol. The number of pyridine rings is 1. The summed E-state index contributed by atoms with van der Waals surface area (Å²) >= 11 is 0. The zero-order valence-electron chi connectivity index (χ0n) is 11.9. The Morgan fingerprint density at radius 1 is 1.29 bits per heavy atom. The zero-order chi connectivity index (χ0) is 14.7. The molecule has 0 fully saturated rings. The van der Waals surface area contributed by atoms with E-state index in [9.17, 15) is 0 Å². The van der Waals surface area contributed by atoms with Crippen molar-refractivity contribution < 1.29 is 4.42 Å². The van der Waals surface area contributed by atoms with Crippen molar-refractivity contribution in [2.75, 3.05) is 5.73 Å². The number of hydrogen-bond donors (Lipinski definition) is 1. The van der Waals surface area contributed by atoms with E-state index in [2.05, 4.69) is 21.5 Å². The van der Waals surface area contributed by atoms with Crippen LogP contribution >= 0.6 is 0 Å². The van der Waals surface area contributed by atoms with Crippen LogP contribution in [0.2, 0.25) is 0 Å². The summed E-state index contributed by atoms with van der Waals surface area (Å²) in [5.74, 6) is 1.54. The minimum absolute atomic E-state index is 0.324. The molecule has 0 amide bonds.